The minimum absolute atomic E-state index is 0.0792. The van der Waals surface area contributed by atoms with Gasteiger partial charge in [0.05, 0.1) is 5.56 Å². The van der Waals surface area contributed by atoms with E-state index in [4.69, 9.17) is 5.11 Å². The third-order valence-corrected chi connectivity index (χ3v) is 4.27. The Kier molecular flexibility index (Phi) is 7.14. The standard InChI is InChI=1S/C21H25N3O4/c1-13(2)18(24-21(28)22-12-15-7-5-4-6-8-15)19(25)23-17-11-16(20(26)27)10-9-14(17)3/h4-11,13,18H,12H2,1-3H3,(H,23,25)(H,26,27)(H2,22,24,28). The number of aromatic carboxylic acids is 1. The smallest absolute Gasteiger partial charge is 0.335 e. The van der Waals surface area contributed by atoms with Crippen LogP contribution >= 0.6 is 0 Å². The summed E-state index contributed by atoms with van der Waals surface area (Å²) in [7, 11) is 0. The topological polar surface area (TPSA) is 108 Å². The van der Waals surface area contributed by atoms with Crippen LogP contribution in [0.25, 0.3) is 0 Å². The van der Waals surface area contributed by atoms with Crippen LogP contribution in [0.4, 0.5) is 10.5 Å². The van der Waals surface area contributed by atoms with Crippen molar-refractivity contribution < 1.29 is 19.5 Å². The SMILES string of the molecule is Cc1ccc(C(=O)O)cc1NC(=O)C(NC(=O)NCc1ccccc1)C(C)C. The van der Waals surface area contributed by atoms with Gasteiger partial charge in [-0.15, -0.1) is 0 Å². The van der Waals surface area contributed by atoms with Crippen molar-refractivity contribution in [1.82, 2.24) is 10.6 Å². The summed E-state index contributed by atoms with van der Waals surface area (Å²) >= 11 is 0. The van der Waals surface area contributed by atoms with Gasteiger partial charge < -0.3 is 21.1 Å². The molecule has 0 heterocycles. The number of carboxylic acid groups (broad SMARTS) is 1. The summed E-state index contributed by atoms with van der Waals surface area (Å²) in [5.74, 6) is -1.64. The lowest BCUT2D eigenvalue weighted by atomic mass is 10.0. The van der Waals surface area contributed by atoms with Gasteiger partial charge in [-0.05, 0) is 36.1 Å². The van der Waals surface area contributed by atoms with Gasteiger partial charge in [0.25, 0.3) is 0 Å². The van der Waals surface area contributed by atoms with Crippen LogP contribution in [0, 0.1) is 12.8 Å². The Morgan fingerprint density at radius 2 is 1.71 bits per heavy atom. The maximum absolute atomic E-state index is 12.7. The van der Waals surface area contributed by atoms with Crippen LogP contribution in [0.5, 0.6) is 0 Å². The lowest BCUT2D eigenvalue weighted by Crippen LogP contribution is -2.50. The van der Waals surface area contributed by atoms with Crippen molar-refractivity contribution >= 4 is 23.6 Å². The van der Waals surface area contributed by atoms with Gasteiger partial charge >= 0.3 is 12.0 Å². The molecule has 148 valence electrons. The number of carbonyl (C=O) groups is 3. The van der Waals surface area contributed by atoms with Gasteiger partial charge in [-0.2, -0.15) is 0 Å². The van der Waals surface area contributed by atoms with Crippen LogP contribution in [-0.4, -0.2) is 29.1 Å². The van der Waals surface area contributed by atoms with Gasteiger partial charge in [0.1, 0.15) is 6.04 Å². The van der Waals surface area contributed by atoms with E-state index in [2.05, 4.69) is 16.0 Å². The zero-order valence-corrected chi connectivity index (χ0v) is 16.2. The largest absolute Gasteiger partial charge is 0.478 e. The summed E-state index contributed by atoms with van der Waals surface area (Å²) in [6, 6.07) is 12.7. The number of nitrogens with one attached hydrogen (secondary N) is 3. The van der Waals surface area contributed by atoms with E-state index in [1.807, 2.05) is 44.2 Å². The van der Waals surface area contributed by atoms with E-state index in [0.717, 1.165) is 11.1 Å². The summed E-state index contributed by atoms with van der Waals surface area (Å²) in [6.45, 7) is 5.76. The predicted molar refractivity (Wildman–Crippen MR) is 107 cm³/mol. The van der Waals surface area contributed by atoms with Crippen molar-refractivity contribution in [2.75, 3.05) is 5.32 Å². The number of carbonyl (C=O) groups excluding carboxylic acids is 2. The number of aryl methyl sites for hydroxylation is 1. The van der Waals surface area contributed by atoms with E-state index in [1.54, 1.807) is 13.0 Å². The fourth-order valence-electron chi connectivity index (χ4n) is 2.61. The van der Waals surface area contributed by atoms with Crippen molar-refractivity contribution in [3.8, 4) is 0 Å². The molecule has 0 radical (unpaired) electrons. The highest BCUT2D eigenvalue weighted by molar-refractivity contribution is 5.99. The molecule has 2 aromatic rings. The van der Waals surface area contributed by atoms with Crippen molar-refractivity contribution in [1.29, 1.82) is 0 Å². The third-order valence-electron chi connectivity index (χ3n) is 4.27. The van der Waals surface area contributed by atoms with Crippen molar-refractivity contribution in [2.45, 2.75) is 33.4 Å². The Balaban J connectivity index is 2.02. The van der Waals surface area contributed by atoms with Gasteiger partial charge in [0.15, 0.2) is 0 Å². The van der Waals surface area contributed by atoms with Gasteiger partial charge in [0, 0.05) is 12.2 Å². The number of hydrogen-bond donors (Lipinski definition) is 4. The molecule has 3 amide bonds. The molecule has 1 unspecified atom stereocenters. The molecule has 0 aliphatic rings. The second-order valence-corrected chi connectivity index (χ2v) is 6.86. The Bertz CT molecular complexity index is 850. The molecule has 0 bridgehead atoms. The summed E-state index contributed by atoms with van der Waals surface area (Å²) < 4.78 is 0. The molecule has 0 saturated carbocycles. The first-order valence-electron chi connectivity index (χ1n) is 9.01. The Labute approximate surface area is 164 Å². The minimum atomic E-state index is -1.07. The molecule has 0 aliphatic carbocycles. The number of anilines is 1. The van der Waals surface area contributed by atoms with Crippen LogP contribution in [0.1, 0.15) is 35.3 Å². The first-order chi connectivity index (χ1) is 13.3. The fourth-order valence-corrected chi connectivity index (χ4v) is 2.61. The number of urea groups is 1. The first-order valence-corrected chi connectivity index (χ1v) is 9.01. The second kappa shape index (κ2) is 9.55. The fraction of sp³-hybridized carbons (Fsp3) is 0.286. The molecule has 2 aromatic carbocycles. The summed E-state index contributed by atoms with van der Waals surface area (Å²) in [5.41, 5.74) is 2.16. The van der Waals surface area contributed by atoms with Crippen LogP contribution in [-0.2, 0) is 11.3 Å². The number of amides is 3. The maximum atomic E-state index is 12.7. The van der Waals surface area contributed by atoms with Crippen molar-refractivity contribution in [3.05, 3.63) is 65.2 Å². The highest BCUT2D eigenvalue weighted by atomic mass is 16.4. The molecule has 0 spiro atoms. The number of rotatable bonds is 7. The first kappa shape index (κ1) is 21.0. The Hall–Kier alpha value is -3.35. The van der Waals surface area contributed by atoms with E-state index in [-0.39, 0.29) is 11.5 Å². The molecule has 1 atom stereocenters. The number of benzene rings is 2. The summed E-state index contributed by atoms with van der Waals surface area (Å²) in [4.78, 5) is 36.1. The molecule has 4 N–H and O–H groups in total. The maximum Gasteiger partial charge on any atom is 0.335 e. The molecule has 7 nitrogen and oxygen atoms in total. The van der Waals surface area contributed by atoms with E-state index in [0.29, 0.717) is 12.2 Å². The quantitative estimate of drug-likeness (QED) is 0.589. The van der Waals surface area contributed by atoms with Crippen molar-refractivity contribution in [2.24, 2.45) is 5.92 Å². The number of hydrogen-bond acceptors (Lipinski definition) is 3. The molecule has 0 saturated heterocycles. The lowest BCUT2D eigenvalue weighted by Gasteiger charge is -2.22. The van der Waals surface area contributed by atoms with Gasteiger partial charge in [0.2, 0.25) is 5.91 Å². The second-order valence-electron chi connectivity index (χ2n) is 6.86. The summed E-state index contributed by atoms with van der Waals surface area (Å²) in [5, 5.41) is 17.3. The van der Waals surface area contributed by atoms with Gasteiger partial charge in [-0.1, -0.05) is 50.2 Å². The predicted octanol–water partition coefficient (Wildman–Crippen LogP) is 3.16. The van der Waals surface area contributed by atoms with Gasteiger partial charge in [-0.3, -0.25) is 4.79 Å². The normalized spacial score (nSPS) is 11.6. The van der Waals surface area contributed by atoms with Crippen LogP contribution in [0.3, 0.4) is 0 Å². The monoisotopic (exact) mass is 383 g/mol. The molecule has 0 aromatic heterocycles. The molecular formula is C21H25N3O4. The molecule has 7 heteroatoms. The van der Waals surface area contributed by atoms with E-state index in [1.165, 1.54) is 12.1 Å². The van der Waals surface area contributed by atoms with Crippen LogP contribution < -0.4 is 16.0 Å². The lowest BCUT2D eigenvalue weighted by molar-refractivity contribution is -0.118. The third kappa shape index (κ3) is 5.84. The molecule has 28 heavy (non-hydrogen) atoms. The average molecular weight is 383 g/mol. The molecule has 2 rings (SSSR count). The Morgan fingerprint density at radius 1 is 1.04 bits per heavy atom. The number of carboxylic acids is 1. The average Bonchev–Trinajstić information content (AvgIpc) is 2.66. The Morgan fingerprint density at radius 3 is 2.32 bits per heavy atom. The molecular weight excluding hydrogens is 358 g/mol. The van der Waals surface area contributed by atoms with E-state index >= 15 is 0 Å². The van der Waals surface area contributed by atoms with Crippen LogP contribution in [0.15, 0.2) is 48.5 Å². The molecule has 0 aliphatic heterocycles. The highest BCUT2D eigenvalue weighted by Crippen LogP contribution is 2.18. The highest BCUT2D eigenvalue weighted by Gasteiger charge is 2.25. The molecule has 0 fully saturated rings. The summed E-state index contributed by atoms with van der Waals surface area (Å²) in [6.07, 6.45) is 0. The zero-order valence-electron chi connectivity index (χ0n) is 16.2. The van der Waals surface area contributed by atoms with Gasteiger partial charge in [-0.25, -0.2) is 9.59 Å². The zero-order chi connectivity index (χ0) is 20.7. The minimum Gasteiger partial charge on any atom is -0.478 e. The van der Waals surface area contributed by atoms with E-state index < -0.39 is 23.9 Å². The van der Waals surface area contributed by atoms with Crippen LogP contribution in [0.2, 0.25) is 0 Å². The van der Waals surface area contributed by atoms with Crippen molar-refractivity contribution in [3.63, 3.8) is 0 Å². The van der Waals surface area contributed by atoms with E-state index in [9.17, 15) is 14.4 Å².